The van der Waals surface area contributed by atoms with Crippen molar-refractivity contribution in [3.05, 3.63) is 89.7 Å². The molecule has 0 bridgehead atoms. The number of aryl methyl sites for hydroxylation is 1. The van der Waals surface area contributed by atoms with E-state index in [0.29, 0.717) is 17.0 Å². The number of non-ortho nitro benzene ring substituents is 1. The Balaban J connectivity index is 1.78. The van der Waals surface area contributed by atoms with Crippen LogP contribution < -0.4 is 10.3 Å². The highest BCUT2D eigenvalue weighted by Gasteiger charge is 2.45. The summed E-state index contributed by atoms with van der Waals surface area (Å²) < 4.78 is 5.86. The van der Waals surface area contributed by atoms with Crippen molar-refractivity contribution in [2.24, 2.45) is 0 Å². The molecule has 33 heavy (non-hydrogen) atoms. The van der Waals surface area contributed by atoms with Gasteiger partial charge in [-0.2, -0.15) is 0 Å². The van der Waals surface area contributed by atoms with Crippen molar-refractivity contribution >= 4 is 50.6 Å². The smallest absolute Gasteiger partial charge is 0.297 e. The quantitative estimate of drug-likeness (QED) is 0.293. The van der Waals surface area contributed by atoms with Gasteiger partial charge in [0.05, 0.1) is 21.9 Å². The Hall–Kier alpha value is -3.63. The summed E-state index contributed by atoms with van der Waals surface area (Å²) >= 11 is 7.32. The largest absolute Gasteiger partial charge is 0.450 e. The Morgan fingerprint density at radius 2 is 2.03 bits per heavy atom. The number of nitro groups is 1. The number of hydrogen-bond acceptors (Lipinski definition) is 8. The molecule has 9 nitrogen and oxygen atoms in total. The Morgan fingerprint density at radius 1 is 1.21 bits per heavy atom. The molecule has 1 aliphatic heterocycles. The lowest BCUT2D eigenvalue weighted by molar-refractivity contribution is -0.384. The number of rotatable bonds is 5. The first-order valence-electron chi connectivity index (χ1n) is 10.1. The number of benzene rings is 2. The molecule has 0 saturated heterocycles. The first-order chi connectivity index (χ1) is 15.9. The van der Waals surface area contributed by atoms with Crippen molar-refractivity contribution in [3.8, 4) is 0 Å². The van der Waals surface area contributed by atoms with Crippen molar-refractivity contribution in [3.63, 3.8) is 0 Å². The van der Waals surface area contributed by atoms with Gasteiger partial charge in [0.15, 0.2) is 5.43 Å². The van der Waals surface area contributed by atoms with Crippen LogP contribution in [0.25, 0.3) is 11.0 Å². The number of halogens is 1. The summed E-state index contributed by atoms with van der Waals surface area (Å²) in [6.07, 6.45) is 1.54. The molecule has 1 aliphatic rings. The monoisotopic (exact) mass is 482 g/mol. The molecule has 0 radical (unpaired) electrons. The number of carbonyl (C=O) groups excluding carboxylic acids is 1. The molecule has 0 aliphatic carbocycles. The number of carbonyl (C=O) groups is 1. The molecule has 2 aromatic carbocycles. The summed E-state index contributed by atoms with van der Waals surface area (Å²) in [6.45, 7) is 2.00. The summed E-state index contributed by atoms with van der Waals surface area (Å²) in [7, 11) is 0. The average Bonchev–Trinajstić information content (AvgIpc) is 3.37. The number of nitro benzene ring substituents is 1. The predicted octanol–water partition coefficient (Wildman–Crippen LogP) is 4.91. The second kappa shape index (κ2) is 8.05. The van der Waals surface area contributed by atoms with E-state index < -0.39 is 22.3 Å². The highest BCUT2D eigenvalue weighted by Crippen LogP contribution is 2.42. The molecule has 3 heterocycles. The van der Waals surface area contributed by atoms with Gasteiger partial charge in [-0.05, 0) is 30.2 Å². The van der Waals surface area contributed by atoms with Crippen LogP contribution in [0.5, 0.6) is 0 Å². The van der Waals surface area contributed by atoms with Gasteiger partial charge in [0.25, 0.3) is 11.6 Å². The minimum absolute atomic E-state index is 0.0857. The zero-order chi connectivity index (χ0) is 23.3. The van der Waals surface area contributed by atoms with Crippen molar-refractivity contribution in [2.75, 3.05) is 4.90 Å². The van der Waals surface area contributed by atoms with Gasteiger partial charge in [-0.25, -0.2) is 0 Å². The Bertz CT molecular complexity index is 1500. The van der Waals surface area contributed by atoms with E-state index in [0.717, 1.165) is 11.4 Å². The lowest BCUT2D eigenvalue weighted by Gasteiger charge is -2.21. The fourth-order valence-corrected chi connectivity index (χ4v) is 5.06. The third-order valence-corrected chi connectivity index (χ3v) is 6.57. The van der Waals surface area contributed by atoms with Gasteiger partial charge in [0.1, 0.15) is 10.6 Å². The standard InChI is InChI=1S/C22H15ClN4O5S/c1-2-4-16-24-25-22(33-16)26-18(11-5-3-6-13(9-11)27(30)31)17-19(28)14-10-12(23)7-8-15(14)32-20(17)21(26)29/h3,5-10,18H,2,4H2,1H3. The highest BCUT2D eigenvalue weighted by atomic mass is 35.5. The molecule has 166 valence electrons. The molecular weight excluding hydrogens is 468 g/mol. The van der Waals surface area contributed by atoms with Crippen LogP contribution >= 0.6 is 22.9 Å². The average molecular weight is 483 g/mol. The Morgan fingerprint density at radius 3 is 2.79 bits per heavy atom. The molecule has 5 rings (SSSR count). The van der Waals surface area contributed by atoms with E-state index in [1.54, 1.807) is 12.1 Å². The van der Waals surface area contributed by atoms with Gasteiger partial charge >= 0.3 is 0 Å². The zero-order valence-electron chi connectivity index (χ0n) is 17.1. The summed E-state index contributed by atoms with van der Waals surface area (Å²) in [5.41, 5.74) is 0.102. The number of fused-ring (bicyclic) bond motifs is 2. The maximum absolute atomic E-state index is 13.5. The third kappa shape index (κ3) is 3.47. The molecule has 0 fully saturated rings. The lowest BCUT2D eigenvalue weighted by atomic mass is 9.98. The maximum atomic E-state index is 13.5. The summed E-state index contributed by atoms with van der Waals surface area (Å²) in [5.74, 6) is -0.687. The van der Waals surface area contributed by atoms with Crippen LogP contribution in [0.3, 0.4) is 0 Å². The fourth-order valence-electron chi connectivity index (χ4n) is 3.92. The van der Waals surface area contributed by atoms with Crippen LogP contribution in [-0.2, 0) is 6.42 Å². The lowest BCUT2D eigenvalue weighted by Crippen LogP contribution is -2.29. The number of amides is 1. The fraction of sp³-hybridized carbons (Fsp3) is 0.182. The number of anilines is 1. The van der Waals surface area contributed by atoms with Crippen LogP contribution in [0.2, 0.25) is 5.02 Å². The van der Waals surface area contributed by atoms with E-state index >= 15 is 0 Å². The summed E-state index contributed by atoms with van der Waals surface area (Å²) in [4.78, 5) is 39.2. The van der Waals surface area contributed by atoms with E-state index in [-0.39, 0.29) is 33.1 Å². The molecule has 11 heteroatoms. The van der Waals surface area contributed by atoms with E-state index in [1.165, 1.54) is 46.6 Å². The van der Waals surface area contributed by atoms with Crippen molar-refractivity contribution in [1.82, 2.24) is 10.2 Å². The van der Waals surface area contributed by atoms with Crippen LogP contribution in [0, 0.1) is 10.1 Å². The molecule has 4 aromatic rings. The molecule has 0 spiro atoms. The minimum Gasteiger partial charge on any atom is -0.450 e. The maximum Gasteiger partial charge on any atom is 0.297 e. The van der Waals surface area contributed by atoms with E-state index in [2.05, 4.69) is 10.2 Å². The summed E-state index contributed by atoms with van der Waals surface area (Å²) in [6, 6.07) is 9.44. The van der Waals surface area contributed by atoms with Gasteiger partial charge in [-0.15, -0.1) is 10.2 Å². The van der Waals surface area contributed by atoms with Gasteiger partial charge < -0.3 is 4.42 Å². The molecule has 1 unspecified atom stereocenters. The number of nitrogens with zero attached hydrogens (tertiary/aromatic N) is 4. The SMILES string of the molecule is CCCc1nnc(N2C(=O)c3oc4ccc(Cl)cc4c(=O)c3C2c2cccc([N+](=O)[O-])c2)s1. The van der Waals surface area contributed by atoms with Crippen LogP contribution in [0.4, 0.5) is 10.8 Å². The number of aromatic nitrogens is 2. The van der Waals surface area contributed by atoms with Crippen LogP contribution in [0.1, 0.15) is 46.1 Å². The second-order valence-electron chi connectivity index (χ2n) is 7.47. The van der Waals surface area contributed by atoms with E-state index in [4.69, 9.17) is 16.0 Å². The molecule has 1 amide bonds. The van der Waals surface area contributed by atoms with Crippen molar-refractivity contribution in [1.29, 1.82) is 0 Å². The molecule has 1 atom stereocenters. The molecule has 0 saturated carbocycles. The predicted molar refractivity (Wildman–Crippen MR) is 123 cm³/mol. The number of hydrogen-bond donors (Lipinski definition) is 0. The van der Waals surface area contributed by atoms with Crippen LogP contribution in [-0.4, -0.2) is 21.0 Å². The minimum atomic E-state index is -0.963. The first-order valence-corrected chi connectivity index (χ1v) is 11.2. The molecule has 2 aromatic heterocycles. The second-order valence-corrected chi connectivity index (χ2v) is 8.95. The molecular formula is C22H15ClN4O5S. The zero-order valence-corrected chi connectivity index (χ0v) is 18.7. The van der Waals surface area contributed by atoms with Gasteiger partial charge in [0.2, 0.25) is 10.9 Å². The van der Waals surface area contributed by atoms with Crippen molar-refractivity contribution in [2.45, 2.75) is 25.8 Å². The van der Waals surface area contributed by atoms with Gasteiger partial charge in [-0.3, -0.25) is 24.6 Å². The topological polar surface area (TPSA) is 119 Å². The van der Waals surface area contributed by atoms with Crippen molar-refractivity contribution < 1.29 is 14.1 Å². The van der Waals surface area contributed by atoms with Gasteiger partial charge in [0, 0.05) is 23.6 Å². The Kier molecular flexibility index (Phi) is 5.18. The van der Waals surface area contributed by atoms with Gasteiger partial charge in [-0.1, -0.05) is 42.0 Å². The van der Waals surface area contributed by atoms with E-state index in [9.17, 15) is 19.7 Å². The normalized spacial score (nSPS) is 15.3. The van der Waals surface area contributed by atoms with Crippen LogP contribution in [0.15, 0.2) is 51.7 Å². The highest BCUT2D eigenvalue weighted by molar-refractivity contribution is 7.15. The first kappa shape index (κ1) is 21.2. The summed E-state index contributed by atoms with van der Waals surface area (Å²) in [5, 5.41) is 21.3. The van der Waals surface area contributed by atoms with E-state index in [1.807, 2.05) is 6.92 Å². The third-order valence-electron chi connectivity index (χ3n) is 5.36. The molecule has 0 N–H and O–H groups in total. The Labute approximate surface area is 195 Å².